The minimum Gasteiger partial charge on any atom is -0.393 e. The summed E-state index contributed by atoms with van der Waals surface area (Å²) < 4.78 is 16.6. The molecule has 0 aromatic heterocycles. The second kappa shape index (κ2) is 13.6. The van der Waals surface area contributed by atoms with Crippen LogP contribution in [0.1, 0.15) is 92.4 Å². The van der Waals surface area contributed by atoms with Gasteiger partial charge < -0.3 is 44.8 Å². The Bertz CT molecular complexity index is 949. The molecule has 6 N–H and O–H groups in total. The fourth-order valence-electron chi connectivity index (χ4n) is 11.3. The Morgan fingerprint density at radius 3 is 2.18 bits per heavy atom. The average molecular weight is 627 g/mol. The molecule has 4 aliphatic carbocycles. The molecule has 256 valence electrons. The summed E-state index contributed by atoms with van der Waals surface area (Å²) >= 11 is 0. The van der Waals surface area contributed by atoms with Crippen molar-refractivity contribution in [2.24, 2.45) is 58.2 Å². The molecule has 0 aromatic rings. The largest absolute Gasteiger partial charge is 0.393 e. The highest BCUT2D eigenvalue weighted by Crippen LogP contribution is 2.68. The quantitative estimate of drug-likeness (QED) is 0.215. The molecule has 44 heavy (non-hydrogen) atoms. The van der Waals surface area contributed by atoms with Crippen molar-refractivity contribution in [1.82, 2.24) is 0 Å². The molecule has 0 bridgehead atoms. The Morgan fingerprint density at radius 2 is 1.50 bits per heavy atom. The van der Waals surface area contributed by atoms with Crippen molar-refractivity contribution < 1.29 is 44.8 Å². The highest BCUT2D eigenvalue weighted by molar-refractivity contribution is 5.15. The van der Waals surface area contributed by atoms with Gasteiger partial charge in [-0.25, -0.2) is 0 Å². The molecule has 0 aromatic carbocycles. The van der Waals surface area contributed by atoms with Crippen molar-refractivity contribution in [2.75, 3.05) is 20.3 Å². The molecule has 9 nitrogen and oxygen atoms in total. The summed E-state index contributed by atoms with van der Waals surface area (Å²) in [6.45, 7) is 11.9. The number of fused-ring (bicyclic) bond motifs is 5. The van der Waals surface area contributed by atoms with Gasteiger partial charge in [0, 0.05) is 7.11 Å². The van der Waals surface area contributed by atoms with Crippen molar-refractivity contribution in [3.63, 3.8) is 0 Å². The first-order valence-electron chi connectivity index (χ1n) is 17.6. The van der Waals surface area contributed by atoms with Crippen LogP contribution in [-0.2, 0) is 14.2 Å². The Hall–Kier alpha value is -0.360. The molecule has 5 fully saturated rings. The van der Waals surface area contributed by atoms with E-state index < -0.39 is 42.9 Å². The number of hydrogen-bond acceptors (Lipinski definition) is 9. The van der Waals surface area contributed by atoms with Crippen LogP contribution < -0.4 is 0 Å². The molecule has 0 amide bonds. The van der Waals surface area contributed by atoms with Gasteiger partial charge in [-0.15, -0.1) is 0 Å². The first-order valence-corrected chi connectivity index (χ1v) is 17.6. The molecule has 5 aliphatic rings. The maximum Gasteiger partial charge on any atom is 0.186 e. The van der Waals surface area contributed by atoms with Crippen LogP contribution in [0.4, 0.5) is 0 Å². The van der Waals surface area contributed by atoms with Crippen LogP contribution in [0.5, 0.6) is 0 Å². The van der Waals surface area contributed by atoms with Crippen LogP contribution in [0.25, 0.3) is 0 Å². The Labute approximate surface area is 264 Å². The van der Waals surface area contributed by atoms with E-state index in [0.29, 0.717) is 37.2 Å². The molecule has 5 rings (SSSR count). The summed E-state index contributed by atoms with van der Waals surface area (Å²) in [5.41, 5.74) is -0.228. The van der Waals surface area contributed by atoms with Crippen molar-refractivity contribution in [3.05, 3.63) is 0 Å². The van der Waals surface area contributed by atoms with E-state index in [9.17, 15) is 30.6 Å². The number of rotatable bonds is 10. The number of methoxy groups -OCH3 is 1. The van der Waals surface area contributed by atoms with Crippen molar-refractivity contribution in [3.8, 4) is 0 Å². The highest BCUT2D eigenvalue weighted by atomic mass is 16.7. The summed E-state index contributed by atoms with van der Waals surface area (Å²) in [5.74, 6) is 1.66. The maximum atomic E-state index is 11.7. The van der Waals surface area contributed by atoms with E-state index in [1.54, 1.807) is 0 Å². The zero-order valence-electron chi connectivity index (χ0n) is 27.9. The van der Waals surface area contributed by atoms with Crippen molar-refractivity contribution in [2.45, 2.75) is 141 Å². The summed E-state index contributed by atoms with van der Waals surface area (Å²) in [7, 11) is 1.48. The minimum absolute atomic E-state index is 0.00985. The summed E-state index contributed by atoms with van der Waals surface area (Å²) in [6.07, 6.45) is 1.73. The lowest BCUT2D eigenvalue weighted by Crippen LogP contribution is -2.59. The smallest absolute Gasteiger partial charge is 0.186 e. The molecular formula is C35H62O9. The summed E-state index contributed by atoms with van der Waals surface area (Å²) in [5, 5.41) is 65.7. The Morgan fingerprint density at radius 1 is 0.795 bits per heavy atom. The van der Waals surface area contributed by atoms with E-state index in [0.717, 1.165) is 44.9 Å². The van der Waals surface area contributed by atoms with E-state index in [2.05, 4.69) is 34.6 Å². The first kappa shape index (κ1) is 35.0. The van der Waals surface area contributed by atoms with Gasteiger partial charge >= 0.3 is 0 Å². The Balaban J connectivity index is 1.21. The Kier molecular flexibility index (Phi) is 10.8. The number of aliphatic hydroxyl groups is 6. The third-order valence-corrected chi connectivity index (χ3v) is 13.9. The standard InChI is InChI=1S/C35H62O9/c1-18(2)20(11-14-43-33-32(41)29(38)26(42-6)17-44-33)8-7-19(3)27-30(39)31(40)28-22-16-25(37)24-15-21(36)9-12-34(24,4)23(22)10-13-35(27,28)5/h18-33,36-41H,7-17H2,1-6H3/t19-,20+,21+,22-,23+,24-,25+,26-,27+,28-,29+,30-,31+,32-,33-,34-,35-/m1/s1. The molecule has 4 saturated carbocycles. The fraction of sp³-hybridized carbons (Fsp3) is 1.00. The van der Waals surface area contributed by atoms with Gasteiger partial charge in [-0.3, -0.25) is 0 Å². The SMILES string of the molecule is CO[C@@H]1CO[C@@H](OCC[C@H](CC[C@@H](C)[C@H]2[C@@H](O)[C@@H](O)[C@H]3[C@@H]4C[C@H](O)[C@H]5C[C@@H](O)CC[C@]5(C)[C@H]4CC[C@]23C)C(C)C)[C@H](O)[C@H]1O. The molecule has 1 aliphatic heterocycles. The minimum atomic E-state index is -1.16. The lowest BCUT2D eigenvalue weighted by molar-refractivity contribution is -0.274. The van der Waals surface area contributed by atoms with Crippen molar-refractivity contribution in [1.29, 1.82) is 0 Å². The molecule has 1 heterocycles. The molecular weight excluding hydrogens is 564 g/mol. The maximum absolute atomic E-state index is 11.7. The third kappa shape index (κ3) is 6.16. The van der Waals surface area contributed by atoms with Gasteiger partial charge in [0.2, 0.25) is 0 Å². The monoisotopic (exact) mass is 626 g/mol. The van der Waals surface area contributed by atoms with Crippen LogP contribution in [0.3, 0.4) is 0 Å². The predicted molar refractivity (Wildman–Crippen MR) is 165 cm³/mol. The van der Waals surface area contributed by atoms with Gasteiger partial charge in [0.1, 0.15) is 18.3 Å². The van der Waals surface area contributed by atoms with E-state index in [1.807, 2.05) is 0 Å². The topological polar surface area (TPSA) is 149 Å². The van der Waals surface area contributed by atoms with Gasteiger partial charge in [-0.2, -0.15) is 0 Å². The molecule has 1 saturated heterocycles. The van der Waals surface area contributed by atoms with Crippen LogP contribution in [0, 0.1) is 58.2 Å². The average Bonchev–Trinajstić information content (AvgIpc) is 3.18. The molecule has 9 heteroatoms. The fourth-order valence-corrected chi connectivity index (χ4v) is 11.3. The van der Waals surface area contributed by atoms with E-state index in [-0.39, 0.29) is 53.1 Å². The summed E-state index contributed by atoms with van der Waals surface area (Å²) in [4.78, 5) is 0. The molecule has 17 atom stereocenters. The summed E-state index contributed by atoms with van der Waals surface area (Å²) in [6, 6.07) is 0. The number of hydrogen-bond donors (Lipinski definition) is 6. The zero-order valence-corrected chi connectivity index (χ0v) is 27.9. The lowest BCUT2D eigenvalue weighted by atomic mass is 9.43. The van der Waals surface area contributed by atoms with Crippen LogP contribution in [-0.4, -0.2) is 100.0 Å². The zero-order chi connectivity index (χ0) is 32.1. The second-order valence-electron chi connectivity index (χ2n) is 16.4. The van der Waals surface area contributed by atoms with Crippen LogP contribution >= 0.6 is 0 Å². The lowest BCUT2D eigenvalue weighted by Gasteiger charge is -2.62. The second-order valence-corrected chi connectivity index (χ2v) is 16.4. The number of aliphatic hydroxyl groups excluding tert-OH is 6. The van der Waals surface area contributed by atoms with Crippen LogP contribution in [0.2, 0.25) is 0 Å². The molecule has 0 unspecified atom stereocenters. The van der Waals surface area contributed by atoms with E-state index in [4.69, 9.17) is 14.2 Å². The highest BCUT2D eigenvalue weighted by Gasteiger charge is 2.67. The van der Waals surface area contributed by atoms with E-state index >= 15 is 0 Å². The molecule has 0 spiro atoms. The van der Waals surface area contributed by atoms with E-state index in [1.165, 1.54) is 7.11 Å². The van der Waals surface area contributed by atoms with Gasteiger partial charge in [0.15, 0.2) is 6.29 Å². The van der Waals surface area contributed by atoms with Gasteiger partial charge in [0.05, 0.1) is 37.6 Å². The molecule has 0 radical (unpaired) electrons. The normalized spacial score (nSPS) is 50.5. The van der Waals surface area contributed by atoms with Gasteiger partial charge in [-0.05, 0) is 110 Å². The number of ether oxygens (including phenoxy) is 3. The predicted octanol–water partition coefficient (Wildman–Crippen LogP) is 3.11. The van der Waals surface area contributed by atoms with Gasteiger partial charge in [-0.1, -0.05) is 41.0 Å². The first-order chi connectivity index (χ1) is 20.7. The third-order valence-electron chi connectivity index (χ3n) is 13.9. The van der Waals surface area contributed by atoms with Crippen molar-refractivity contribution >= 4 is 0 Å². The van der Waals surface area contributed by atoms with Crippen LogP contribution in [0.15, 0.2) is 0 Å². The van der Waals surface area contributed by atoms with Gasteiger partial charge in [0.25, 0.3) is 0 Å².